The van der Waals surface area contributed by atoms with E-state index in [1.165, 1.54) is 14.2 Å². The van der Waals surface area contributed by atoms with Crippen LogP contribution in [0.4, 0.5) is 0 Å². The Morgan fingerprint density at radius 1 is 1.17 bits per heavy atom. The van der Waals surface area contributed by atoms with Crippen molar-refractivity contribution in [3.05, 3.63) is 21.7 Å². The zero-order chi connectivity index (χ0) is 13.9. The minimum Gasteiger partial charge on any atom is -0.496 e. The maximum absolute atomic E-state index is 12.1. The first-order valence-corrected chi connectivity index (χ1v) is 5.95. The highest BCUT2D eigenvalue weighted by Gasteiger charge is 2.23. The van der Waals surface area contributed by atoms with Crippen molar-refractivity contribution in [3.8, 4) is 11.5 Å². The summed E-state index contributed by atoms with van der Waals surface area (Å²) in [6, 6.07) is 0. The molecule has 0 bridgehead atoms. The van der Waals surface area contributed by atoms with Crippen LogP contribution in [0.15, 0.2) is 0 Å². The number of Topliss-reactive ketones (excluding diaryl/α,β-unsaturated/α-hetero) is 1. The summed E-state index contributed by atoms with van der Waals surface area (Å²) < 4.78 is 10.6. The molecule has 0 radical (unpaired) electrons. The van der Waals surface area contributed by atoms with Crippen molar-refractivity contribution in [2.75, 3.05) is 27.8 Å². The molecule has 4 nitrogen and oxygen atoms in total. The Morgan fingerprint density at radius 3 is 2.17 bits per heavy atom. The third-order valence-electron chi connectivity index (χ3n) is 2.84. The van der Waals surface area contributed by atoms with Crippen LogP contribution in [0.25, 0.3) is 0 Å². The predicted molar refractivity (Wildman–Crippen MR) is 72.3 cm³/mol. The van der Waals surface area contributed by atoms with Crippen molar-refractivity contribution >= 4 is 17.4 Å². The number of methoxy groups -OCH3 is 2. The lowest BCUT2D eigenvalue weighted by molar-refractivity contribution is 0.0989. The number of carbonyl (C=O) groups is 1. The van der Waals surface area contributed by atoms with E-state index in [4.69, 9.17) is 21.1 Å². The molecule has 1 aromatic carbocycles. The van der Waals surface area contributed by atoms with Crippen LogP contribution in [0.5, 0.6) is 11.5 Å². The van der Waals surface area contributed by atoms with E-state index >= 15 is 0 Å². The summed E-state index contributed by atoms with van der Waals surface area (Å²) in [6.07, 6.45) is 0. The molecular formula is C13H18ClNO3. The molecule has 0 unspecified atom stereocenters. The zero-order valence-electron chi connectivity index (χ0n) is 11.3. The summed E-state index contributed by atoms with van der Waals surface area (Å²) >= 11 is 6.20. The monoisotopic (exact) mass is 271 g/mol. The van der Waals surface area contributed by atoms with Crippen molar-refractivity contribution in [2.45, 2.75) is 13.8 Å². The summed E-state index contributed by atoms with van der Waals surface area (Å²) in [6.45, 7) is 3.84. The van der Waals surface area contributed by atoms with Crippen LogP contribution >= 0.6 is 11.6 Å². The average Bonchev–Trinajstić information content (AvgIpc) is 2.34. The third-order valence-corrected chi connectivity index (χ3v) is 3.29. The molecule has 0 aromatic heterocycles. The molecule has 0 aliphatic rings. The molecule has 0 aliphatic carbocycles. The highest BCUT2D eigenvalue weighted by Crippen LogP contribution is 2.41. The molecule has 1 aromatic rings. The van der Waals surface area contributed by atoms with Gasteiger partial charge in [0.1, 0.15) is 11.5 Å². The summed E-state index contributed by atoms with van der Waals surface area (Å²) in [5.74, 6) is 0.984. The molecule has 100 valence electrons. The van der Waals surface area contributed by atoms with E-state index in [-0.39, 0.29) is 12.3 Å². The number of carbonyl (C=O) groups excluding carboxylic acids is 1. The van der Waals surface area contributed by atoms with Gasteiger partial charge in [0.05, 0.1) is 31.4 Å². The number of hydrogen-bond acceptors (Lipinski definition) is 4. The standard InChI is InChI=1S/C13H18ClNO3/c1-7-10(9(16)6-15-3)12(17-4)8(2)11(14)13(7)18-5/h15H,6H2,1-5H3. The molecule has 1 rings (SSSR count). The number of benzene rings is 1. The predicted octanol–water partition coefficient (Wildman–Crippen LogP) is 2.38. The fraction of sp³-hybridized carbons (Fsp3) is 0.462. The second kappa shape index (κ2) is 6.07. The smallest absolute Gasteiger partial charge is 0.180 e. The highest BCUT2D eigenvalue weighted by molar-refractivity contribution is 6.33. The molecular weight excluding hydrogens is 254 g/mol. The topological polar surface area (TPSA) is 47.6 Å². The molecule has 0 heterocycles. The van der Waals surface area contributed by atoms with Gasteiger partial charge in [-0.05, 0) is 20.9 Å². The van der Waals surface area contributed by atoms with Crippen molar-refractivity contribution < 1.29 is 14.3 Å². The van der Waals surface area contributed by atoms with Gasteiger partial charge in [-0.2, -0.15) is 0 Å². The number of nitrogens with one attached hydrogen (secondary N) is 1. The Labute approximate surface area is 112 Å². The number of rotatable bonds is 5. The molecule has 18 heavy (non-hydrogen) atoms. The van der Waals surface area contributed by atoms with Crippen molar-refractivity contribution in [1.29, 1.82) is 0 Å². The first-order valence-electron chi connectivity index (χ1n) is 5.57. The summed E-state index contributed by atoms with van der Waals surface area (Å²) in [5, 5.41) is 3.32. The molecule has 1 N–H and O–H groups in total. The minimum absolute atomic E-state index is 0.0510. The molecule has 0 amide bonds. The van der Waals surface area contributed by atoms with Gasteiger partial charge < -0.3 is 14.8 Å². The summed E-state index contributed by atoms with van der Waals surface area (Å²) in [4.78, 5) is 12.1. The highest BCUT2D eigenvalue weighted by atomic mass is 35.5. The first-order chi connectivity index (χ1) is 8.49. The van der Waals surface area contributed by atoms with Gasteiger partial charge in [-0.15, -0.1) is 0 Å². The van der Waals surface area contributed by atoms with Crippen LogP contribution in [0.1, 0.15) is 21.5 Å². The number of likely N-dealkylation sites (N-methyl/N-ethyl adjacent to an activating group) is 1. The molecule has 0 atom stereocenters. The number of hydrogen-bond donors (Lipinski definition) is 1. The number of halogens is 1. The van der Waals surface area contributed by atoms with Gasteiger partial charge in [-0.1, -0.05) is 11.6 Å². The largest absolute Gasteiger partial charge is 0.496 e. The van der Waals surface area contributed by atoms with Gasteiger partial charge >= 0.3 is 0 Å². The van der Waals surface area contributed by atoms with Crippen LogP contribution in [0, 0.1) is 13.8 Å². The van der Waals surface area contributed by atoms with Crippen LogP contribution in [0.3, 0.4) is 0 Å². The lowest BCUT2D eigenvalue weighted by Crippen LogP contribution is -2.20. The Balaban J connectivity index is 3.56. The Morgan fingerprint density at radius 2 is 1.72 bits per heavy atom. The third kappa shape index (κ3) is 2.44. The normalized spacial score (nSPS) is 10.3. The van der Waals surface area contributed by atoms with Crippen LogP contribution in [0.2, 0.25) is 5.02 Å². The average molecular weight is 272 g/mol. The maximum Gasteiger partial charge on any atom is 0.180 e. The minimum atomic E-state index is -0.0510. The lowest BCUT2D eigenvalue weighted by atomic mass is 9.98. The molecule has 0 spiro atoms. The van der Waals surface area contributed by atoms with Crippen molar-refractivity contribution in [1.82, 2.24) is 5.32 Å². The first kappa shape index (κ1) is 14.8. The van der Waals surface area contributed by atoms with Crippen molar-refractivity contribution in [3.63, 3.8) is 0 Å². The Bertz CT molecular complexity index is 472. The summed E-state index contributed by atoms with van der Waals surface area (Å²) in [5.41, 5.74) is 1.93. The van der Waals surface area contributed by atoms with Gasteiger partial charge in [0.2, 0.25) is 0 Å². The number of ether oxygens (including phenoxy) is 2. The molecule has 0 saturated carbocycles. The van der Waals surface area contributed by atoms with E-state index in [2.05, 4.69) is 5.32 Å². The molecule has 5 heteroatoms. The van der Waals surface area contributed by atoms with Gasteiger partial charge in [0, 0.05) is 11.1 Å². The molecule has 0 fully saturated rings. The van der Waals surface area contributed by atoms with E-state index in [1.807, 2.05) is 0 Å². The van der Waals surface area contributed by atoms with Gasteiger partial charge in [0.15, 0.2) is 5.78 Å². The van der Waals surface area contributed by atoms with E-state index in [0.717, 1.165) is 0 Å². The fourth-order valence-corrected chi connectivity index (χ4v) is 2.29. The van der Waals surface area contributed by atoms with E-state index in [9.17, 15) is 4.79 Å². The van der Waals surface area contributed by atoms with E-state index < -0.39 is 0 Å². The molecule has 0 saturated heterocycles. The number of ketones is 1. The van der Waals surface area contributed by atoms with Gasteiger partial charge in [-0.3, -0.25) is 4.79 Å². The van der Waals surface area contributed by atoms with Crippen molar-refractivity contribution in [2.24, 2.45) is 0 Å². The van der Waals surface area contributed by atoms with Crippen LogP contribution < -0.4 is 14.8 Å². The Kier molecular flexibility index (Phi) is 4.99. The Hall–Kier alpha value is -1.26. The van der Waals surface area contributed by atoms with E-state index in [0.29, 0.717) is 33.2 Å². The van der Waals surface area contributed by atoms with E-state index in [1.54, 1.807) is 20.9 Å². The van der Waals surface area contributed by atoms with Gasteiger partial charge in [-0.25, -0.2) is 0 Å². The fourth-order valence-electron chi connectivity index (χ4n) is 1.99. The van der Waals surface area contributed by atoms with Crippen LogP contribution in [-0.4, -0.2) is 33.6 Å². The second-order valence-electron chi connectivity index (χ2n) is 3.96. The lowest BCUT2D eigenvalue weighted by Gasteiger charge is -2.18. The quantitative estimate of drug-likeness (QED) is 0.836. The second-order valence-corrected chi connectivity index (χ2v) is 4.34. The van der Waals surface area contributed by atoms with Gasteiger partial charge in [0.25, 0.3) is 0 Å². The summed E-state index contributed by atoms with van der Waals surface area (Å²) in [7, 11) is 4.78. The SMILES string of the molecule is CNCC(=O)c1c(C)c(OC)c(Cl)c(C)c1OC. The van der Waals surface area contributed by atoms with Crippen LogP contribution in [-0.2, 0) is 0 Å². The maximum atomic E-state index is 12.1. The molecule has 0 aliphatic heterocycles. The zero-order valence-corrected chi connectivity index (χ0v) is 12.1.